The molecule has 7 nitrogen and oxygen atoms in total. The van der Waals surface area contributed by atoms with Crippen LogP contribution in [0.4, 0.5) is 5.13 Å². The minimum Gasteiger partial charge on any atom is -0.477 e. The molecule has 2 heterocycles. The molecule has 0 fully saturated rings. The van der Waals surface area contributed by atoms with Crippen molar-refractivity contribution in [1.82, 2.24) is 9.97 Å². The number of carbonyl (C=O) groups is 1. The molecule has 2 aromatic heterocycles. The van der Waals surface area contributed by atoms with Crippen molar-refractivity contribution in [2.45, 2.75) is 11.8 Å². The fourth-order valence-electron chi connectivity index (χ4n) is 2.17. The molecule has 9 heteroatoms. The van der Waals surface area contributed by atoms with Gasteiger partial charge < -0.3 is 4.74 Å². The monoisotopic (exact) mass is 377 g/mol. The fourth-order valence-corrected chi connectivity index (χ4v) is 3.79. The number of thiazole rings is 1. The summed E-state index contributed by atoms with van der Waals surface area (Å²) in [6, 6.07) is 7.93. The summed E-state index contributed by atoms with van der Waals surface area (Å²) in [6.45, 7) is 2.20. The Labute approximate surface area is 148 Å². The van der Waals surface area contributed by atoms with E-state index in [1.807, 2.05) is 6.92 Å². The average Bonchev–Trinajstić information content (AvgIpc) is 2.96. The number of aromatic nitrogens is 2. The Morgan fingerprint density at radius 1 is 1.32 bits per heavy atom. The molecule has 0 radical (unpaired) electrons. The molecule has 1 N–H and O–H groups in total. The number of nitrogens with zero attached hydrogens (tertiary/aromatic N) is 2. The van der Waals surface area contributed by atoms with Gasteiger partial charge >= 0.3 is 0 Å². The lowest BCUT2D eigenvalue weighted by atomic mass is 10.2. The molecule has 130 valence electrons. The van der Waals surface area contributed by atoms with E-state index in [0.717, 1.165) is 6.26 Å². The SMILES string of the molecule is CCOc1ncccc1C(=O)Nc1nc2ccc(S(C)(=O)=O)cc2s1. The summed E-state index contributed by atoms with van der Waals surface area (Å²) in [6.07, 6.45) is 2.70. The second-order valence-corrected chi connectivity index (χ2v) is 8.21. The first-order chi connectivity index (χ1) is 11.9. The Hall–Kier alpha value is -2.52. The van der Waals surface area contributed by atoms with Crippen LogP contribution in [0.25, 0.3) is 10.2 Å². The molecule has 0 unspecified atom stereocenters. The largest absolute Gasteiger partial charge is 0.477 e. The second-order valence-electron chi connectivity index (χ2n) is 5.16. The van der Waals surface area contributed by atoms with E-state index < -0.39 is 9.84 Å². The molecule has 0 saturated carbocycles. The third kappa shape index (κ3) is 3.77. The Morgan fingerprint density at radius 2 is 2.12 bits per heavy atom. The van der Waals surface area contributed by atoms with Gasteiger partial charge in [-0.2, -0.15) is 0 Å². The molecule has 25 heavy (non-hydrogen) atoms. The van der Waals surface area contributed by atoms with Gasteiger partial charge in [0.25, 0.3) is 5.91 Å². The van der Waals surface area contributed by atoms with Crippen LogP contribution in [0.3, 0.4) is 0 Å². The highest BCUT2D eigenvalue weighted by atomic mass is 32.2. The number of carbonyl (C=O) groups excluding carboxylic acids is 1. The molecule has 0 atom stereocenters. The molecule has 1 amide bonds. The number of ether oxygens (including phenoxy) is 1. The minimum atomic E-state index is -3.30. The number of hydrogen-bond acceptors (Lipinski definition) is 7. The van der Waals surface area contributed by atoms with Crippen molar-refractivity contribution in [1.29, 1.82) is 0 Å². The van der Waals surface area contributed by atoms with E-state index in [1.165, 1.54) is 17.4 Å². The van der Waals surface area contributed by atoms with Gasteiger partial charge in [0.1, 0.15) is 5.56 Å². The molecular weight excluding hydrogens is 362 g/mol. The van der Waals surface area contributed by atoms with Gasteiger partial charge in [-0.25, -0.2) is 18.4 Å². The zero-order chi connectivity index (χ0) is 18.0. The number of fused-ring (bicyclic) bond motifs is 1. The summed E-state index contributed by atoms with van der Waals surface area (Å²) in [7, 11) is -3.30. The quantitative estimate of drug-likeness (QED) is 0.734. The van der Waals surface area contributed by atoms with Gasteiger partial charge in [-0.3, -0.25) is 10.1 Å². The van der Waals surface area contributed by atoms with Crippen LogP contribution >= 0.6 is 11.3 Å². The van der Waals surface area contributed by atoms with Gasteiger partial charge in [-0.05, 0) is 37.3 Å². The van der Waals surface area contributed by atoms with Crippen molar-refractivity contribution in [3.8, 4) is 5.88 Å². The maximum absolute atomic E-state index is 12.5. The summed E-state index contributed by atoms with van der Waals surface area (Å²) in [5.41, 5.74) is 0.921. The maximum atomic E-state index is 12.5. The lowest BCUT2D eigenvalue weighted by molar-refractivity contribution is 0.102. The second kappa shape index (κ2) is 6.77. The van der Waals surface area contributed by atoms with Gasteiger partial charge in [-0.1, -0.05) is 11.3 Å². The molecule has 1 aromatic carbocycles. The summed E-state index contributed by atoms with van der Waals surface area (Å²) < 4.78 is 29.3. The minimum absolute atomic E-state index is 0.215. The number of pyridine rings is 1. The highest BCUT2D eigenvalue weighted by Crippen LogP contribution is 2.29. The number of amides is 1. The van der Waals surface area contributed by atoms with Crippen LogP contribution in [-0.2, 0) is 9.84 Å². The van der Waals surface area contributed by atoms with Gasteiger partial charge in [0, 0.05) is 12.5 Å². The van der Waals surface area contributed by atoms with Crippen LogP contribution in [-0.4, -0.2) is 37.2 Å². The van der Waals surface area contributed by atoms with Crippen molar-refractivity contribution in [3.63, 3.8) is 0 Å². The van der Waals surface area contributed by atoms with Crippen molar-refractivity contribution < 1.29 is 17.9 Å². The smallest absolute Gasteiger partial charge is 0.262 e. The molecule has 3 rings (SSSR count). The van der Waals surface area contributed by atoms with Crippen LogP contribution in [0.2, 0.25) is 0 Å². The summed E-state index contributed by atoms with van der Waals surface area (Å²) in [5, 5.41) is 3.08. The summed E-state index contributed by atoms with van der Waals surface area (Å²) >= 11 is 1.20. The Morgan fingerprint density at radius 3 is 2.84 bits per heavy atom. The predicted octanol–water partition coefficient (Wildman–Crippen LogP) is 2.75. The first kappa shape index (κ1) is 17.3. The van der Waals surface area contributed by atoms with Crippen LogP contribution in [0.15, 0.2) is 41.4 Å². The van der Waals surface area contributed by atoms with E-state index in [9.17, 15) is 13.2 Å². The molecule has 0 aliphatic heterocycles. The number of sulfone groups is 1. The molecule has 3 aromatic rings. The van der Waals surface area contributed by atoms with Crippen molar-refractivity contribution >= 4 is 42.4 Å². The summed E-state index contributed by atoms with van der Waals surface area (Å²) in [5.74, 6) is -0.137. The Balaban J connectivity index is 1.89. The molecular formula is C16H15N3O4S2. The van der Waals surface area contributed by atoms with Gasteiger partial charge in [0.15, 0.2) is 15.0 Å². The highest BCUT2D eigenvalue weighted by Gasteiger charge is 2.16. The van der Waals surface area contributed by atoms with Crippen LogP contribution in [0.5, 0.6) is 5.88 Å². The van der Waals surface area contributed by atoms with E-state index in [1.54, 1.807) is 30.5 Å². The number of anilines is 1. The first-order valence-electron chi connectivity index (χ1n) is 7.38. The third-order valence-corrected chi connectivity index (χ3v) is 5.35. The van der Waals surface area contributed by atoms with Crippen molar-refractivity contribution in [2.24, 2.45) is 0 Å². The standard InChI is InChI=1S/C16H15N3O4S2/c1-3-23-15-11(5-4-8-17-15)14(20)19-16-18-12-7-6-10(25(2,21)22)9-13(12)24-16/h4-9H,3H2,1-2H3,(H,18,19,20). The zero-order valence-corrected chi connectivity index (χ0v) is 15.1. The van der Waals surface area contributed by atoms with Crippen LogP contribution in [0, 0.1) is 0 Å². The normalized spacial score (nSPS) is 11.4. The van der Waals surface area contributed by atoms with Gasteiger partial charge in [0.05, 0.1) is 21.7 Å². The predicted molar refractivity (Wildman–Crippen MR) is 96.1 cm³/mol. The molecule has 0 aliphatic rings. The highest BCUT2D eigenvalue weighted by molar-refractivity contribution is 7.90. The van der Waals surface area contributed by atoms with E-state index in [-0.39, 0.29) is 16.7 Å². The van der Waals surface area contributed by atoms with E-state index in [4.69, 9.17) is 4.74 Å². The van der Waals surface area contributed by atoms with Crippen molar-refractivity contribution in [2.75, 3.05) is 18.2 Å². The maximum Gasteiger partial charge on any atom is 0.262 e. The van der Waals surface area contributed by atoms with Gasteiger partial charge in [0.2, 0.25) is 5.88 Å². The first-order valence-corrected chi connectivity index (χ1v) is 10.1. The molecule has 0 saturated heterocycles. The number of benzene rings is 1. The average molecular weight is 377 g/mol. The van der Waals surface area contributed by atoms with Crippen LogP contribution in [0.1, 0.15) is 17.3 Å². The molecule has 0 spiro atoms. The number of nitrogens with one attached hydrogen (secondary N) is 1. The molecule has 0 aliphatic carbocycles. The fraction of sp³-hybridized carbons (Fsp3) is 0.188. The zero-order valence-electron chi connectivity index (χ0n) is 13.5. The van der Waals surface area contributed by atoms with Crippen molar-refractivity contribution in [3.05, 3.63) is 42.1 Å². The number of rotatable bonds is 5. The Kier molecular flexibility index (Phi) is 4.69. The van der Waals surface area contributed by atoms with Crippen LogP contribution < -0.4 is 10.1 Å². The van der Waals surface area contributed by atoms with E-state index in [2.05, 4.69) is 15.3 Å². The number of hydrogen-bond donors (Lipinski definition) is 1. The lowest BCUT2D eigenvalue weighted by Crippen LogP contribution is -2.14. The van der Waals surface area contributed by atoms with E-state index >= 15 is 0 Å². The topological polar surface area (TPSA) is 98.2 Å². The Bertz CT molecular complexity index is 1040. The molecule has 0 bridgehead atoms. The lowest BCUT2D eigenvalue weighted by Gasteiger charge is -2.07. The van der Waals surface area contributed by atoms with Gasteiger partial charge in [-0.15, -0.1) is 0 Å². The third-order valence-electron chi connectivity index (χ3n) is 3.31. The van der Waals surface area contributed by atoms with E-state index in [0.29, 0.717) is 27.5 Å². The summed E-state index contributed by atoms with van der Waals surface area (Å²) in [4.78, 5) is 21.0.